The van der Waals surface area contributed by atoms with Crippen LogP contribution in [0.4, 0.5) is 0 Å². The van der Waals surface area contributed by atoms with Gasteiger partial charge >= 0.3 is 5.97 Å². The van der Waals surface area contributed by atoms with Crippen molar-refractivity contribution in [3.8, 4) is 5.75 Å². The number of rotatable bonds is 10. The molecule has 9 heteroatoms. The molecule has 8 nitrogen and oxygen atoms in total. The number of ketones is 1. The molecule has 0 saturated carbocycles. The molecule has 0 radical (unpaired) electrons. The Balaban J connectivity index is 2.01. The van der Waals surface area contributed by atoms with E-state index in [1.807, 2.05) is 0 Å². The Labute approximate surface area is 169 Å². The highest BCUT2D eigenvalue weighted by Crippen LogP contribution is 2.18. The molecule has 0 aromatic heterocycles. The van der Waals surface area contributed by atoms with Crippen molar-refractivity contribution in [3.05, 3.63) is 59.7 Å². The monoisotopic (exact) mass is 421 g/mol. The maximum Gasteiger partial charge on any atom is 0.338 e. The van der Waals surface area contributed by atoms with Gasteiger partial charge in [-0.1, -0.05) is 12.1 Å². The number of nitrogens with one attached hydrogen (secondary N) is 1. The minimum absolute atomic E-state index is 0.00195. The summed E-state index contributed by atoms with van der Waals surface area (Å²) in [5.74, 6) is -0.762. The smallest absolute Gasteiger partial charge is 0.338 e. The average molecular weight is 421 g/mol. The second-order valence-corrected chi connectivity index (χ2v) is 7.92. The van der Waals surface area contributed by atoms with E-state index < -0.39 is 34.4 Å². The van der Waals surface area contributed by atoms with Crippen LogP contribution in [-0.2, 0) is 19.5 Å². The molecule has 0 fully saturated rings. The molecule has 0 aliphatic rings. The molecule has 0 heterocycles. The summed E-state index contributed by atoms with van der Waals surface area (Å²) in [7, 11) is -0.825. The summed E-state index contributed by atoms with van der Waals surface area (Å²) in [6.07, 6.45) is 0. The fourth-order valence-electron chi connectivity index (χ4n) is 2.55. The molecule has 0 spiro atoms. The van der Waals surface area contributed by atoms with Crippen molar-refractivity contribution in [1.82, 2.24) is 4.72 Å². The van der Waals surface area contributed by atoms with Crippen molar-refractivity contribution >= 4 is 21.8 Å². The van der Waals surface area contributed by atoms with Crippen molar-refractivity contribution in [2.24, 2.45) is 0 Å². The average Bonchev–Trinajstić information content (AvgIpc) is 2.71. The van der Waals surface area contributed by atoms with E-state index in [1.165, 1.54) is 38.5 Å². The standard InChI is InChI=1S/C20H23NO7S/c1-14(12-26-2)21-29(24,25)16-10-8-15(9-11-16)20(23)28-13-18(22)17-6-4-5-7-19(17)27-3/h4-11,14,21H,12-13H2,1-3H3/t14-/m1/s1. The molecule has 2 aromatic carbocycles. The zero-order chi connectivity index (χ0) is 21.4. The minimum Gasteiger partial charge on any atom is -0.496 e. The van der Waals surface area contributed by atoms with Crippen molar-refractivity contribution in [1.29, 1.82) is 0 Å². The van der Waals surface area contributed by atoms with Crippen molar-refractivity contribution in [3.63, 3.8) is 0 Å². The Bertz CT molecular complexity index is 955. The van der Waals surface area contributed by atoms with E-state index in [0.29, 0.717) is 11.3 Å². The Morgan fingerprint density at radius 3 is 2.31 bits per heavy atom. The van der Waals surface area contributed by atoms with Crippen LogP contribution in [0.25, 0.3) is 0 Å². The first-order chi connectivity index (χ1) is 13.8. The largest absolute Gasteiger partial charge is 0.496 e. The van der Waals surface area contributed by atoms with Gasteiger partial charge in [0.15, 0.2) is 6.61 Å². The third-order valence-electron chi connectivity index (χ3n) is 3.92. The highest BCUT2D eigenvalue weighted by molar-refractivity contribution is 7.89. The fourth-order valence-corrected chi connectivity index (χ4v) is 3.78. The number of hydrogen-bond donors (Lipinski definition) is 1. The second-order valence-electron chi connectivity index (χ2n) is 6.20. The predicted molar refractivity (Wildman–Crippen MR) is 106 cm³/mol. The number of ether oxygens (including phenoxy) is 3. The first-order valence-corrected chi connectivity index (χ1v) is 10.2. The molecule has 2 aromatic rings. The number of esters is 1. The first kappa shape index (κ1) is 22.5. The zero-order valence-electron chi connectivity index (χ0n) is 16.4. The van der Waals surface area contributed by atoms with E-state index in [-0.39, 0.29) is 17.1 Å². The molecular formula is C20H23NO7S. The van der Waals surface area contributed by atoms with Crippen LogP contribution in [0.3, 0.4) is 0 Å². The maximum atomic E-state index is 12.3. The summed E-state index contributed by atoms with van der Waals surface area (Å²) in [4.78, 5) is 24.4. The summed E-state index contributed by atoms with van der Waals surface area (Å²) in [6, 6.07) is 11.4. The quantitative estimate of drug-likeness (QED) is 0.462. The van der Waals surface area contributed by atoms with Gasteiger partial charge in [-0.15, -0.1) is 0 Å². The van der Waals surface area contributed by atoms with E-state index in [0.717, 1.165) is 0 Å². The second kappa shape index (κ2) is 10.1. The third-order valence-corrected chi connectivity index (χ3v) is 5.52. The Morgan fingerprint density at radius 2 is 1.69 bits per heavy atom. The third kappa shape index (κ3) is 6.11. The van der Waals surface area contributed by atoms with E-state index in [2.05, 4.69) is 4.72 Å². The topological polar surface area (TPSA) is 108 Å². The summed E-state index contributed by atoms with van der Waals surface area (Å²) in [6.45, 7) is 1.44. The molecule has 0 bridgehead atoms. The molecule has 1 N–H and O–H groups in total. The van der Waals surface area contributed by atoms with Crippen LogP contribution in [0, 0.1) is 0 Å². The SMILES string of the molecule is COC[C@@H](C)NS(=O)(=O)c1ccc(C(=O)OCC(=O)c2ccccc2OC)cc1. The Hall–Kier alpha value is -2.75. The molecule has 0 unspecified atom stereocenters. The summed E-state index contributed by atoms with van der Waals surface area (Å²) < 4.78 is 42.1. The number of benzene rings is 2. The van der Waals surface area contributed by atoms with Crippen LogP contribution >= 0.6 is 0 Å². The van der Waals surface area contributed by atoms with Crippen LogP contribution in [0.1, 0.15) is 27.6 Å². The van der Waals surface area contributed by atoms with Gasteiger partial charge in [0.05, 0.1) is 29.7 Å². The van der Waals surface area contributed by atoms with Gasteiger partial charge in [0.25, 0.3) is 0 Å². The van der Waals surface area contributed by atoms with Gasteiger partial charge in [-0.05, 0) is 43.3 Å². The van der Waals surface area contributed by atoms with Crippen LogP contribution in [0.5, 0.6) is 5.75 Å². The van der Waals surface area contributed by atoms with Gasteiger partial charge in [-0.2, -0.15) is 0 Å². The van der Waals surface area contributed by atoms with E-state index in [1.54, 1.807) is 31.2 Å². The lowest BCUT2D eigenvalue weighted by Gasteiger charge is -2.13. The summed E-state index contributed by atoms with van der Waals surface area (Å²) >= 11 is 0. The molecular weight excluding hydrogens is 398 g/mol. The predicted octanol–water partition coefficient (Wildman–Crippen LogP) is 2.05. The van der Waals surface area contributed by atoms with Gasteiger partial charge in [0, 0.05) is 13.2 Å². The molecule has 29 heavy (non-hydrogen) atoms. The van der Waals surface area contributed by atoms with Crippen LogP contribution in [0.15, 0.2) is 53.4 Å². The molecule has 0 aliphatic heterocycles. The lowest BCUT2D eigenvalue weighted by atomic mass is 10.1. The van der Waals surface area contributed by atoms with E-state index in [9.17, 15) is 18.0 Å². The van der Waals surface area contributed by atoms with Crippen LogP contribution < -0.4 is 9.46 Å². The number of sulfonamides is 1. The van der Waals surface area contributed by atoms with E-state index in [4.69, 9.17) is 14.2 Å². The number of para-hydroxylation sites is 1. The van der Waals surface area contributed by atoms with Crippen LogP contribution in [0.2, 0.25) is 0 Å². The zero-order valence-corrected chi connectivity index (χ0v) is 17.2. The highest BCUT2D eigenvalue weighted by atomic mass is 32.2. The van der Waals surface area contributed by atoms with Gasteiger partial charge in [0.1, 0.15) is 5.75 Å². The summed E-state index contributed by atoms with van der Waals surface area (Å²) in [5, 5.41) is 0. The maximum absolute atomic E-state index is 12.3. The van der Waals surface area contributed by atoms with Crippen molar-refractivity contribution in [2.45, 2.75) is 17.9 Å². The van der Waals surface area contributed by atoms with Gasteiger partial charge in [-0.25, -0.2) is 17.9 Å². The summed E-state index contributed by atoms with van der Waals surface area (Å²) in [5.41, 5.74) is 0.433. The molecule has 2 rings (SSSR count). The first-order valence-electron chi connectivity index (χ1n) is 8.73. The number of hydrogen-bond acceptors (Lipinski definition) is 7. The van der Waals surface area contributed by atoms with E-state index >= 15 is 0 Å². The molecule has 0 aliphatic carbocycles. The number of Topliss-reactive ketones (excluding diaryl/α,β-unsaturated/α-hetero) is 1. The molecule has 0 amide bonds. The van der Waals surface area contributed by atoms with Crippen molar-refractivity contribution in [2.75, 3.05) is 27.4 Å². The lowest BCUT2D eigenvalue weighted by molar-refractivity contribution is 0.0474. The molecule has 0 saturated heterocycles. The Kier molecular flexibility index (Phi) is 7.89. The Morgan fingerprint density at radius 1 is 1.03 bits per heavy atom. The fraction of sp³-hybridized carbons (Fsp3) is 0.300. The van der Waals surface area contributed by atoms with Crippen molar-refractivity contribution < 1.29 is 32.2 Å². The van der Waals surface area contributed by atoms with Gasteiger partial charge in [-0.3, -0.25) is 4.79 Å². The minimum atomic E-state index is -3.74. The molecule has 1 atom stereocenters. The lowest BCUT2D eigenvalue weighted by Crippen LogP contribution is -2.35. The number of carbonyl (C=O) groups is 2. The van der Waals surface area contributed by atoms with Crippen LogP contribution in [-0.4, -0.2) is 53.6 Å². The number of methoxy groups -OCH3 is 2. The van der Waals surface area contributed by atoms with Gasteiger partial charge in [0.2, 0.25) is 15.8 Å². The number of carbonyl (C=O) groups excluding carboxylic acids is 2. The van der Waals surface area contributed by atoms with Gasteiger partial charge < -0.3 is 14.2 Å². The normalized spacial score (nSPS) is 12.2. The molecule has 156 valence electrons. The highest BCUT2D eigenvalue weighted by Gasteiger charge is 2.19.